The molecular weight excluding hydrogens is 296 g/mol. The van der Waals surface area contributed by atoms with E-state index in [1.807, 2.05) is 6.07 Å². The molecule has 2 aromatic carbocycles. The normalized spacial score (nSPS) is 11.9. The van der Waals surface area contributed by atoms with Crippen LogP contribution in [0.4, 0.5) is 0 Å². The highest BCUT2D eigenvalue weighted by atomic mass is 35.5. The summed E-state index contributed by atoms with van der Waals surface area (Å²) in [5, 5.41) is 1.10. The summed E-state index contributed by atoms with van der Waals surface area (Å²) in [6.45, 7) is 1.66. The molecule has 0 atom stereocenters. The highest BCUT2D eigenvalue weighted by Gasteiger charge is 2.25. The van der Waals surface area contributed by atoms with Gasteiger partial charge < -0.3 is 4.42 Å². The average Bonchev–Trinajstić information content (AvgIpc) is 2.75. The van der Waals surface area contributed by atoms with Gasteiger partial charge in [0.1, 0.15) is 16.2 Å². The lowest BCUT2D eigenvalue weighted by Crippen LogP contribution is -2.02. The van der Waals surface area contributed by atoms with Crippen molar-refractivity contribution in [3.8, 4) is 0 Å². The Morgan fingerprint density at radius 3 is 2.35 bits per heavy atom. The molecule has 0 N–H and O–H groups in total. The van der Waals surface area contributed by atoms with E-state index in [0.29, 0.717) is 21.8 Å². The van der Waals surface area contributed by atoms with Crippen molar-refractivity contribution in [1.82, 2.24) is 0 Å². The van der Waals surface area contributed by atoms with Crippen molar-refractivity contribution in [3.63, 3.8) is 0 Å². The summed E-state index contributed by atoms with van der Waals surface area (Å²) < 4.78 is 31.0. The number of furan rings is 1. The molecule has 0 saturated heterocycles. The van der Waals surface area contributed by atoms with Gasteiger partial charge in [-0.25, -0.2) is 8.42 Å². The molecule has 0 spiro atoms. The molecule has 0 saturated carbocycles. The molecule has 0 aliphatic carbocycles. The minimum atomic E-state index is -3.62. The topological polar surface area (TPSA) is 47.3 Å². The summed E-state index contributed by atoms with van der Waals surface area (Å²) in [5.41, 5.74) is 0.567. The maximum Gasteiger partial charge on any atom is 0.210 e. The van der Waals surface area contributed by atoms with Gasteiger partial charge in [-0.2, -0.15) is 0 Å². The second-order valence-corrected chi connectivity index (χ2v) is 6.76. The molecule has 1 aromatic heterocycles. The van der Waals surface area contributed by atoms with Crippen molar-refractivity contribution in [2.24, 2.45) is 0 Å². The molecule has 3 rings (SSSR count). The van der Waals surface area contributed by atoms with Gasteiger partial charge in [0.25, 0.3) is 0 Å². The zero-order valence-electron chi connectivity index (χ0n) is 10.6. The Morgan fingerprint density at radius 1 is 1.00 bits per heavy atom. The fourth-order valence-corrected chi connectivity index (χ4v) is 3.94. The number of fused-ring (bicyclic) bond motifs is 1. The van der Waals surface area contributed by atoms with Crippen LogP contribution in [-0.4, -0.2) is 8.42 Å². The van der Waals surface area contributed by atoms with E-state index in [9.17, 15) is 8.42 Å². The van der Waals surface area contributed by atoms with E-state index in [4.69, 9.17) is 16.0 Å². The van der Waals surface area contributed by atoms with Crippen LogP contribution in [0.5, 0.6) is 0 Å². The van der Waals surface area contributed by atoms with Gasteiger partial charge in [0.2, 0.25) is 9.84 Å². The van der Waals surface area contributed by atoms with Crippen LogP contribution in [0.15, 0.2) is 62.7 Å². The molecule has 0 fully saturated rings. The summed E-state index contributed by atoms with van der Waals surface area (Å²) in [7, 11) is -3.62. The molecule has 0 aliphatic rings. The second kappa shape index (κ2) is 4.65. The first-order chi connectivity index (χ1) is 9.50. The van der Waals surface area contributed by atoms with Crippen LogP contribution in [0, 0.1) is 6.92 Å². The third-order valence-electron chi connectivity index (χ3n) is 3.11. The lowest BCUT2D eigenvalue weighted by atomic mass is 10.2. The highest BCUT2D eigenvalue weighted by molar-refractivity contribution is 7.91. The Kier molecular flexibility index (Phi) is 3.07. The van der Waals surface area contributed by atoms with Gasteiger partial charge >= 0.3 is 0 Å². The standard InChI is InChI=1S/C15H11ClO3S/c1-10-15(13-4-2-3-5-14(13)19-10)20(17,18)12-8-6-11(16)7-9-12/h2-9H,1H3. The van der Waals surface area contributed by atoms with Crippen LogP contribution in [0.25, 0.3) is 11.0 Å². The van der Waals surface area contributed by atoms with E-state index in [-0.39, 0.29) is 9.79 Å². The average molecular weight is 307 g/mol. The number of aryl methyl sites for hydroxylation is 1. The first-order valence-electron chi connectivity index (χ1n) is 5.99. The zero-order valence-corrected chi connectivity index (χ0v) is 12.2. The summed E-state index contributed by atoms with van der Waals surface area (Å²) in [6, 6.07) is 13.2. The minimum absolute atomic E-state index is 0.205. The summed E-state index contributed by atoms with van der Waals surface area (Å²) in [6.07, 6.45) is 0. The fraction of sp³-hybridized carbons (Fsp3) is 0.0667. The van der Waals surface area contributed by atoms with E-state index in [2.05, 4.69) is 0 Å². The lowest BCUT2D eigenvalue weighted by Gasteiger charge is -2.04. The molecule has 0 bridgehead atoms. The minimum Gasteiger partial charge on any atom is -0.460 e. The maximum atomic E-state index is 12.7. The molecule has 0 radical (unpaired) electrons. The van der Waals surface area contributed by atoms with Crippen LogP contribution < -0.4 is 0 Å². The third kappa shape index (κ3) is 2.01. The number of benzene rings is 2. The number of sulfone groups is 1. The fourth-order valence-electron chi connectivity index (χ4n) is 2.21. The number of halogens is 1. The monoisotopic (exact) mass is 306 g/mol. The van der Waals surface area contributed by atoms with Gasteiger partial charge in [0.05, 0.1) is 4.90 Å². The predicted octanol–water partition coefficient (Wildman–Crippen LogP) is 4.23. The predicted molar refractivity (Wildman–Crippen MR) is 77.9 cm³/mol. The van der Waals surface area contributed by atoms with Gasteiger partial charge in [0.15, 0.2) is 0 Å². The molecule has 3 nitrogen and oxygen atoms in total. The molecule has 0 unspecified atom stereocenters. The molecule has 20 heavy (non-hydrogen) atoms. The summed E-state index contributed by atoms with van der Waals surface area (Å²) in [4.78, 5) is 0.423. The smallest absolute Gasteiger partial charge is 0.210 e. The van der Waals surface area contributed by atoms with Crippen LogP contribution in [0.1, 0.15) is 5.76 Å². The zero-order chi connectivity index (χ0) is 14.3. The highest BCUT2D eigenvalue weighted by Crippen LogP contribution is 2.33. The van der Waals surface area contributed by atoms with E-state index in [1.54, 1.807) is 37.3 Å². The van der Waals surface area contributed by atoms with Gasteiger partial charge in [-0.3, -0.25) is 0 Å². The number of para-hydroxylation sites is 1. The van der Waals surface area contributed by atoms with E-state index in [0.717, 1.165) is 0 Å². The third-order valence-corrected chi connectivity index (χ3v) is 5.30. The number of hydrogen-bond donors (Lipinski definition) is 0. The molecule has 5 heteroatoms. The summed E-state index contributed by atoms with van der Waals surface area (Å²) in [5.74, 6) is 0.390. The Balaban J connectivity index is 2.29. The van der Waals surface area contributed by atoms with Gasteiger partial charge in [-0.05, 0) is 43.3 Å². The van der Waals surface area contributed by atoms with E-state index >= 15 is 0 Å². The van der Waals surface area contributed by atoms with Gasteiger partial charge in [0, 0.05) is 10.4 Å². The van der Waals surface area contributed by atoms with Crippen molar-refractivity contribution >= 4 is 32.4 Å². The van der Waals surface area contributed by atoms with Crippen molar-refractivity contribution < 1.29 is 12.8 Å². The SMILES string of the molecule is Cc1oc2ccccc2c1S(=O)(=O)c1ccc(Cl)cc1. The summed E-state index contributed by atoms with van der Waals surface area (Å²) >= 11 is 5.80. The van der Waals surface area contributed by atoms with Crippen LogP contribution in [0.3, 0.4) is 0 Å². The molecule has 1 heterocycles. The quantitative estimate of drug-likeness (QED) is 0.712. The van der Waals surface area contributed by atoms with E-state index < -0.39 is 9.84 Å². The number of rotatable bonds is 2. The Morgan fingerprint density at radius 2 is 1.65 bits per heavy atom. The Labute approximate surface area is 121 Å². The molecule has 0 aliphatic heterocycles. The van der Waals surface area contributed by atoms with Crippen molar-refractivity contribution in [2.75, 3.05) is 0 Å². The largest absolute Gasteiger partial charge is 0.460 e. The molecular formula is C15H11ClO3S. The van der Waals surface area contributed by atoms with Gasteiger partial charge in [-0.1, -0.05) is 23.7 Å². The van der Waals surface area contributed by atoms with Gasteiger partial charge in [-0.15, -0.1) is 0 Å². The molecule has 0 amide bonds. The van der Waals surface area contributed by atoms with E-state index in [1.165, 1.54) is 12.1 Å². The van der Waals surface area contributed by atoms with Crippen molar-refractivity contribution in [3.05, 3.63) is 59.3 Å². The van der Waals surface area contributed by atoms with Crippen LogP contribution in [0.2, 0.25) is 5.02 Å². The maximum absolute atomic E-state index is 12.7. The first-order valence-corrected chi connectivity index (χ1v) is 7.85. The lowest BCUT2D eigenvalue weighted by molar-refractivity contribution is 0.557. The van der Waals surface area contributed by atoms with Crippen LogP contribution in [-0.2, 0) is 9.84 Å². The second-order valence-electron chi connectivity index (χ2n) is 4.44. The Bertz CT molecular complexity index is 877. The molecule has 3 aromatic rings. The van der Waals surface area contributed by atoms with Crippen molar-refractivity contribution in [1.29, 1.82) is 0 Å². The molecule has 102 valence electrons. The van der Waals surface area contributed by atoms with Crippen molar-refractivity contribution in [2.45, 2.75) is 16.7 Å². The Hall–Kier alpha value is -1.78. The first kappa shape index (κ1) is 13.2. The van der Waals surface area contributed by atoms with Crippen LogP contribution >= 0.6 is 11.6 Å². The number of hydrogen-bond acceptors (Lipinski definition) is 3.